The van der Waals surface area contributed by atoms with Crippen molar-refractivity contribution >= 4 is 0 Å². The molecule has 0 aliphatic carbocycles. The molecule has 0 aromatic carbocycles. The van der Waals surface area contributed by atoms with Crippen molar-refractivity contribution in [1.29, 1.82) is 0 Å². The Bertz CT molecular complexity index is 536. The zero-order valence-electron chi connectivity index (χ0n) is 37.6. The van der Waals surface area contributed by atoms with Gasteiger partial charge in [-0.2, -0.15) is 0 Å². The lowest BCUT2D eigenvalue weighted by atomic mass is 10.0. The molecular weight excluding hydrogens is 641 g/mol. The first-order valence-electron chi connectivity index (χ1n) is 25.8. The Labute approximate surface area is 338 Å². The van der Waals surface area contributed by atoms with Gasteiger partial charge in [-0.1, -0.05) is 309 Å². The maximum atomic E-state index is 5.81. The highest BCUT2D eigenvalue weighted by Crippen LogP contribution is 2.18. The molecule has 319 valence electrons. The van der Waals surface area contributed by atoms with Crippen LogP contribution < -0.4 is 0 Å². The molecule has 0 unspecified atom stereocenters. The van der Waals surface area contributed by atoms with Crippen LogP contribution in [0.2, 0.25) is 0 Å². The summed E-state index contributed by atoms with van der Waals surface area (Å²) in [6, 6.07) is 0. The number of ether oxygens (including phenoxy) is 1. The minimum atomic E-state index is 0.943. The van der Waals surface area contributed by atoms with E-state index in [-0.39, 0.29) is 0 Å². The van der Waals surface area contributed by atoms with Gasteiger partial charge in [0.1, 0.15) is 0 Å². The normalized spacial score (nSPS) is 11.7. The van der Waals surface area contributed by atoms with Gasteiger partial charge in [0.15, 0.2) is 0 Å². The first-order valence-corrected chi connectivity index (χ1v) is 25.8. The van der Waals surface area contributed by atoms with Crippen LogP contribution in [0.25, 0.3) is 0 Å². The molecule has 0 heterocycles. The minimum absolute atomic E-state index is 0.943. The Hall–Kier alpha value is -0.0400. The van der Waals surface area contributed by atoms with Crippen molar-refractivity contribution < 1.29 is 4.74 Å². The third kappa shape index (κ3) is 52.0. The van der Waals surface area contributed by atoms with E-state index in [1.165, 1.54) is 302 Å². The molecule has 1 heteroatoms. The van der Waals surface area contributed by atoms with E-state index < -0.39 is 0 Å². The quantitative estimate of drug-likeness (QED) is 0.0564. The van der Waals surface area contributed by atoms with Gasteiger partial charge in [0.25, 0.3) is 0 Å². The van der Waals surface area contributed by atoms with E-state index in [9.17, 15) is 0 Å². The second kappa shape index (κ2) is 52.0. The van der Waals surface area contributed by atoms with Crippen LogP contribution in [0.15, 0.2) is 0 Å². The van der Waals surface area contributed by atoms with Gasteiger partial charge < -0.3 is 4.74 Å². The van der Waals surface area contributed by atoms with Crippen LogP contribution in [0.1, 0.15) is 322 Å². The predicted molar refractivity (Wildman–Crippen MR) is 243 cm³/mol. The van der Waals surface area contributed by atoms with E-state index in [1.807, 2.05) is 0 Å². The van der Waals surface area contributed by atoms with Crippen LogP contribution in [0.3, 0.4) is 0 Å². The third-order valence-corrected chi connectivity index (χ3v) is 12.2. The van der Waals surface area contributed by atoms with E-state index >= 15 is 0 Å². The molecule has 0 aromatic heterocycles. The van der Waals surface area contributed by atoms with Crippen molar-refractivity contribution in [2.45, 2.75) is 322 Å². The Morgan fingerprint density at radius 3 is 0.585 bits per heavy atom. The van der Waals surface area contributed by atoms with Crippen molar-refractivity contribution in [3.8, 4) is 0 Å². The highest BCUT2D eigenvalue weighted by atomic mass is 16.5. The van der Waals surface area contributed by atoms with E-state index in [0.717, 1.165) is 13.0 Å². The molecule has 0 aliphatic heterocycles. The van der Waals surface area contributed by atoms with Crippen molar-refractivity contribution in [2.24, 2.45) is 0 Å². The molecule has 0 rings (SSSR count). The molecule has 0 aromatic rings. The zero-order chi connectivity index (χ0) is 38.1. The Morgan fingerprint density at radius 1 is 0.208 bits per heavy atom. The summed E-state index contributed by atoms with van der Waals surface area (Å²) < 4.78 is 5.81. The van der Waals surface area contributed by atoms with Gasteiger partial charge in [-0.05, 0) is 12.8 Å². The van der Waals surface area contributed by atoms with Crippen molar-refractivity contribution in [3.05, 3.63) is 6.61 Å². The van der Waals surface area contributed by atoms with E-state index in [1.54, 1.807) is 0 Å². The fourth-order valence-electron chi connectivity index (χ4n) is 8.33. The lowest BCUT2D eigenvalue weighted by Crippen LogP contribution is -1.92. The van der Waals surface area contributed by atoms with Crippen molar-refractivity contribution in [3.63, 3.8) is 0 Å². The largest absolute Gasteiger partial charge is 0.376 e. The lowest BCUT2D eigenvalue weighted by Gasteiger charge is -2.05. The van der Waals surface area contributed by atoms with E-state index in [2.05, 4.69) is 20.5 Å². The summed E-state index contributed by atoms with van der Waals surface area (Å²) in [6.07, 6.45) is 69.5. The molecule has 0 aliphatic rings. The molecule has 1 nitrogen and oxygen atoms in total. The molecule has 0 spiro atoms. The molecule has 0 amide bonds. The molecule has 0 atom stereocenters. The fraction of sp³-hybridized carbons (Fsp3) is 0.981. The molecular formula is C52H105O. The van der Waals surface area contributed by atoms with Crippen LogP contribution >= 0.6 is 0 Å². The predicted octanol–water partition coefficient (Wildman–Crippen LogP) is 19.9. The third-order valence-electron chi connectivity index (χ3n) is 12.2. The Kier molecular flexibility index (Phi) is 51.9. The minimum Gasteiger partial charge on any atom is -0.376 e. The van der Waals surface area contributed by atoms with Crippen LogP contribution in [0.5, 0.6) is 0 Å². The fourth-order valence-corrected chi connectivity index (χ4v) is 8.33. The first kappa shape index (κ1) is 53.0. The van der Waals surface area contributed by atoms with Crippen LogP contribution in [-0.2, 0) is 4.74 Å². The monoisotopic (exact) mass is 746 g/mol. The molecule has 0 saturated heterocycles. The maximum Gasteiger partial charge on any atom is 0.0836 e. The summed E-state index contributed by atoms with van der Waals surface area (Å²) in [5.41, 5.74) is 0. The lowest BCUT2D eigenvalue weighted by molar-refractivity contribution is 0.183. The standard InChI is InChI=1S/C52H105O/c1-3-5-7-9-11-13-15-17-19-21-23-25-27-28-29-30-32-34-36-38-40-42-44-46-48-50-52-53-51-49-47-45-43-41-39-37-35-33-31-26-24-22-20-18-16-14-12-10-8-6-4-2/h52H,3-51H2,1-2H3. The van der Waals surface area contributed by atoms with Gasteiger partial charge in [0.2, 0.25) is 0 Å². The number of hydrogen-bond acceptors (Lipinski definition) is 1. The SMILES string of the molecule is CCCCCCCCCCCCCCCCCCCCCCCCCCC[CH]OCCCCCCCCCCCCCCCCCCCCCCCC. The van der Waals surface area contributed by atoms with Crippen molar-refractivity contribution in [1.82, 2.24) is 0 Å². The molecule has 53 heavy (non-hydrogen) atoms. The molecule has 0 bridgehead atoms. The molecule has 0 saturated carbocycles. The number of unbranched alkanes of at least 4 members (excludes halogenated alkanes) is 46. The molecule has 1 radical (unpaired) electrons. The summed E-state index contributed by atoms with van der Waals surface area (Å²) in [6.45, 7) is 7.67. The summed E-state index contributed by atoms with van der Waals surface area (Å²) in [4.78, 5) is 0. The zero-order valence-corrected chi connectivity index (χ0v) is 37.6. The number of hydrogen-bond donors (Lipinski definition) is 0. The molecule has 0 N–H and O–H groups in total. The summed E-state index contributed by atoms with van der Waals surface area (Å²) in [5, 5.41) is 0. The number of rotatable bonds is 50. The maximum absolute atomic E-state index is 5.81. The average Bonchev–Trinajstić information content (AvgIpc) is 3.17. The highest BCUT2D eigenvalue weighted by Gasteiger charge is 1.99. The molecule has 0 fully saturated rings. The van der Waals surface area contributed by atoms with E-state index in [0.29, 0.717) is 0 Å². The second-order valence-corrected chi connectivity index (χ2v) is 17.7. The summed E-state index contributed by atoms with van der Waals surface area (Å²) in [7, 11) is 0. The second-order valence-electron chi connectivity index (χ2n) is 17.7. The van der Waals surface area contributed by atoms with Crippen molar-refractivity contribution in [2.75, 3.05) is 6.61 Å². The Morgan fingerprint density at radius 2 is 0.377 bits per heavy atom. The van der Waals surface area contributed by atoms with Gasteiger partial charge in [0, 0.05) is 6.61 Å². The van der Waals surface area contributed by atoms with Gasteiger partial charge >= 0.3 is 0 Å². The summed E-state index contributed by atoms with van der Waals surface area (Å²) in [5.74, 6) is 0. The first-order chi connectivity index (χ1) is 26.4. The average molecular weight is 746 g/mol. The van der Waals surface area contributed by atoms with Gasteiger partial charge in [0.05, 0.1) is 6.61 Å². The summed E-state index contributed by atoms with van der Waals surface area (Å²) >= 11 is 0. The van der Waals surface area contributed by atoms with Crippen LogP contribution in [0.4, 0.5) is 0 Å². The van der Waals surface area contributed by atoms with Crippen LogP contribution in [-0.4, -0.2) is 6.61 Å². The van der Waals surface area contributed by atoms with Gasteiger partial charge in [-0.15, -0.1) is 0 Å². The van der Waals surface area contributed by atoms with E-state index in [4.69, 9.17) is 4.74 Å². The smallest absolute Gasteiger partial charge is 0.0836 e. The van der Waals surface area contributed by atoms with Crippen LogP contribution in [0, 0.1) is 6.61 Å². The topological polar surface area (TPSA) is 9.23 Å². The van der Waals surface area contributed by atoms with Gasteiger partial charge in [-0.3, -0.25) is 0 Å². The van der Waals surface area contributed by atoms with Gasteiger partial charge in [-0.25, -0.2) is 0 Å². The highest BCUT2D eigenvalue weighted by molar-refractivity contribution is 4.56. The Balaban J connectivity index is 3.05.